The second-order valence-electron chi connectivity index (χ2n) is 5.87. The Hall–Kier alpha value is 0.240. The molecule has 1 aliphatic heterocycles. The molecule has 136 valence electrons. The molecule has 1 heterocycles. The molecule has 1 aromatic carbocycles. The van der Waals surface area contributed by atoms with E-state index in [2.05, 4.69) is 13.0 Å². The van der Waals surface area contributed by atoms with Crippen LogP contribution in [-0.4, -0.2) is 10.1 Å². The SMILES string of the molecule is CCCCCCCCCc1ccccc1OP1OC(Cl)C(Cl)(Cl)O1. The minimum Gasteiger partial charge on any atom is -0.426 e. The highest BCUT2D eigenvalue weighted by Crippen LogP contribution is 2.58. The van der Waals surface area contributed by atoms with E-state index in [1.807, 2.05) is 18.2 Å². The van der Waals surface area contributed by atoms with E-state index in [9.17, 15) is 0 Å². The van der Waals surface area contributed by atoms with Gasteiger partial charge in [0.25, 0.3) is 4.52 Å². The van der Waals surface area contributed by atoms with E-state index < -0.39 is 18.7 Å². The van der Waals surface area contributed by atoms with Crippen LogP contribution in [0.3, 0.4) is 0 Å². The summed E-state index contributed by atoms with van der Waals surface area (Å²) in [6.45, 7) is 2.24. The number of rotatable bonds is 10. The lowest BCUT2D eigenvalue weighted by molar-refractivity contribution is 0.253. The van der Waals surface area contributed by atoms with Crippen LogP contribution in [0.4, 0.5) is 0 Å². The Balaban J connectivity index is 1.78. The highest BCUT2D eigenvalue weighted by atomic mass is 35.5. The van der Waals surface area contributed by atoms with Crippen LogP contribution in [0.25, 0.3) is 0 Å². The van der Waals surface area contributed by atoms with Crippen LogP contribution in [0.2, 0.25) is 0 Å². The summed E-state index contributed by atoms with van der Waals surface area (Å²) in [6.07, 6.45) is 9.91. The summed E-state index contributed by atoms with van der Waals surface area (Å²) >= 11 is 17.7. The zero-order valence-electron chi connectivity index (χ0n) is 13.8. The molecule has 0 saturated carbocycles. The van der Waals surface area contributed by atoms with Gasteiger partial charge in [-0.05, 0) is 24.5 Å². The number of alkyl halides is 3. The molecule has 0 aromatic heterocycles. The first-order chi connectivity index (χ1) is 11.5. The Bertz CT molecular complexity index is 502. The zero-order chi connectivity index (χ0) is 17.4. The smallest absolute Gasteiger partial charge is 0.401 e. The third-order valence-electron chi connectivity index (χ3n) is 3.83. The molecule has 7 heteroatoms. The molecular weight excluding hydrogens is 390 g/mol. The first-order valence-corrected chi connectivity index (χ1v) is 10.8. The molecule has 0 N–H and O–H groups in total. The maximum atomic E-state index is 5.90. The van der Waals surface area contributed by atoms with Crippen LogP contribution >= 0.6 is 43.4 Å². The first kappa shape index (κ1) is 20.6. The Morgan fingerprint density at radius 1 is 1.08 bits per heavy atom. The van der Waals surface area contributed by atoms with Crippen molar-refractivity contribution in [1.29, 1.82) is 0 Å². The normalized spacial score (nSPS) is 22.7. The van der Waals surface area contributed by atoms with Gasteiger partial charge in [0.2, 0.25) is 0 Å². The summed E-state index contributed by atoms with van der Waals surface area (Å²) in [7, 11) is -1.69. The topological polar surface area (TPSA) is 27.7 Å². The number of hydrogen-bond acceptors (Lipinski definition) is 3. The molecule has 1 saturated heterocycles. The minimum atomic E-state index is -1.69. The predicted octanol–water partition coefficient (Wildman–Crippen LogP) is 7.33. The Kier molecular flexibility index (Phi) is 8.91. The summed E-state index contributed by atoms with van der Waals surface area (Å²) in [5.41, 5.74) is 0.191. The van der Waals surface area contributed by atoms with E-state index in [-0.39, 0.29) is 0 Å². The van der Waals surface area contributed by atoms with E-state index in [1.54, 1.807) is 0 Å². The van der Waals surface area contributed by atoms with Crippen LogP contribution < -0.4 is 4.52 Å². The number of hydrogen-bond donors (Lipinski definition) is 0. The van der Waals surface area contributed by atoms with Crippen molar-refractivity contribution in [3.8, 4) is 5.75 Å². The predicted molar refractivity (Wildman–Crippen MR) is 102 cm³/mol. The second kappa shape index (κ2) is 10.4. The van der Waals surface area contributed by atoms with Crippen LogP contribution in [0.15, 0.2) is 24.3 Å². The molecule has 0 radical (unpaired) electrons. The molecule has 2 rings (SSSR count). The van der Waals surface area contributed by atoms with Crippen molar-refractivity contribution in [1.82, 2.24) is 0 Å². The fraction of sp³-hybridized carbons (Fsp3) is 0.647. The van der Waals surface area contributed by atoms with Gasteiger partial charge in [0, 0.05) is 0 Å². The number of halogens is 3. The maximum absolute atomic E-state index is 5.90. The summed E-state index contributed by atoms with van der Waals surface area (Å²) in [4.78, 5) is 0. The molecule has 1 aromatic rings. The van der Waals surface area contributed by atoms with Gasteiger partial charge in [-0.25, -0.2) is 0 Å². The Morgan fingerprint density at radius 3 is 2.42 bits per heavy atom. The van der Waals surface area contributed by atoms with Gasteiger partial charge in [-0.15, -0.1) is 0 Å². The Morgan fingerprint density at radius 2 is 1.75 bits per heavy atom. The largest absolute Gasteiger partial charge is 0.426 e. The van der Waals surface area contributed by atoms with E-state index in [0.29, 0.717) is 0 Å². The lowest BCUT2D eigenvalue weighted by Gasteiger charge is -2.14. The minimum absolute atomic E-state index is 0.740. The van der Waals surface area contributed by atoms with Gasteiger partial charge in [-0.3, -0.25) is 9.05 Å². The van der Waals surface area contributed by atoms with Crippen LogP contribution in [0.5, 0.6) is 5.75 Å². The monoisotopic (exact) mass is 412 g/mol. The van der Waals surface area contributed by atoms with Gasteiger partial charge < -0.3 is 4.52 Å². The van der Waals surface area contributed by atoms with Crippen LogP contribution in [0, 0.1) is 0 Å². The molecule has 1 fully saturated rings. The van der Waals surface area contributed by atoms with Crippen molar-refractivity contribution in [2.24, 2.45) is 0 Å². The fourth-order valence-corrected chi connectivity index (χ4v) is 4.40. The highest BCUT2D eigenvalue weighted by Gasteiger charge is 2.49. The zero-order valence-corrected chi connectivity index (χ0v) is 17.0. The van der Waals surface area contributed by atoms with E-state index in [0.717, 1.165) is 24.2 Å². The van der Waals surface area contributed by atoms with Gasteiger partial charge >= 0.3 is 8.60 Å². The summed E-state index contributed by atoms with van der Waals surface area (Å²) in [5, 5.41) is 0. The van der Waals surface area contributed by atoms with Gasteiger partial charge in [0.05, 0.1) is 0 Å². The lowest BCUT2D eigenvalue weighted by atomic mass is 10.0. The van der Waals surface area contributed by atoms with E-state index >= 15 is 0 Å². The molecule has 24 heavy (non-hydrogen) atoms. The summed E-state index contributed by atoms with van der Waals surface area (Å²) < 4.78 is 14.9. The molecule has 0 bridgehead atoms. The summed E-state index contributed by atoms with van der Waals surface area (Å²) in [6, 6.07) is 7.88. The molecule has 0 spiro atoms. The van der Waals surface area contributed by atoms with Crippen molar-refractivity contribution in [3.05, 3.63) is 29.8 Å². The van der Waals surface area contributed by atoms with Crippen molar-refractivity contribution >= 4 is 43.4 Å². The average molecular weight is 414 g/mol. The Labute approximate surface area is 160 Å². The second-order valence-corrected chi connectivity index (χ2v) is 8.60. The molecule has 0 aliphatic carbocycles. The molecule has 0 amide bonds. The van der Waals surface area contributed by atoms with E-state index in [4.69, 9.17) is 48.4 Å². The van der Waals surface area contributed by atoms with E-state index in [1.165, 1.54) is 38.5 Å². The molecule has 3 nitrogen and oxygen atoms in total. The van der Waals surface area contributed by atoms with Gasteiger partial charge in [0.1, 0.15) is 5.75 Å². The number of unbranched alkanes of at least 4 members (excludes halogenated alkanes) is 6. The third-order valence-corrected chi connectivity index (χ3v) is 6.51. The third kappa shape index (κ3) is 6.52. The van der Waals surface area contributed by atoms with Gasteiger partial charge in [0.15, 0.2) is 5.56 Å². The van der Waals surface area contributed by atoms with Crippen molar-refractivity contribution in [2.75, 3.05) is 0 Å². The van der Waals surface area contributed by atoms with Gasteiger partial charge in [-0.1, -0.05) is 98.5 Å². The average Bonchev–Trinajstić information content (AvgIpc) is 2.80. The highest BCUT2D eigenvalue weighted by molar-refractivity contribution is 7.42. The van der Waals surface area contributed by atoms with Gasteiger partial charge in [-0.2, -0.15) is 0 Å². The first-order valence-electron chi connectivity index (χ1n) is 8.46. The lowest BCUT2D eigenvalue weighted by Crippen LogP contribution is -2.21. The molecular formula is C17H24Cl3O3P. The molecule has 2 unspecified atom stereocenters. The quantitative estimate of drug-likeness (QED) is 0.228. The van der Waals surface area contributed by atoms with Crippen molar-refractivity contribution < 1.29 is 13.6 Å². The summed E-state index contributed by atoms with van der Waals surface area (Å²) in [5.74, 6) is 0.740. The maximum Gasteiger partial charge on any atom is 0.401 e. The number of aryl methyl sites for hydroxylation is 1. The number of para-hydroxylation sites is 1. The van der Waals surface area contributed by atoms with Crippen LogP contribution in [-0.2, 0) is 15.5 Å². The van der Waals surface area contributed by atoms with Crippen LogP contribution in [0.1, 0.15) is 57.4 Å². The number of benzene rings is 1. The van der Waals surface area contributed by atoms with Crippen molar-refractivity contribution in [2.45, 2.75) is 68.4 Å². The fourth-order valence-electron chi connectivity index (χ4n) is 2.49. The molecule has 2 atom stereocenters. The standard InChI is InChI=1S/C17H24Cl3O3P/c1-2-3-4-5-6-7-8-11-14-12-9-10-13-15(14)21-24-22-16(18)17(19,20)23-24/h9-10,12-13,16H,2-8,11H2,1H3. The molecule has 1 aliphatic rings. The van der Waals surface area contributed by atoms with Crippen molar-refractivity contribution in [3.63, 3.8) is 0 Å².